The van der Waals surface area contributed by atoms with E-state index >= 15 is 0 Å². The highest BCUT2D eigenvalue weighted by molar-refractivity contribution is 5.76. The maximum atomic E-state index is 6.16. The minimum absolute atomic E-state index is 0.0725. The van der Waals surface area contributed by atoms with Crippen molar-refractivity contribution >= 4 is 16.7 Å². The average Bonchev–Trinajstić information content (AvgIpc) is 2.85. The van der Waals surface area contributed by atoms with Crippen molar-refractivity contribution < 1.29 is 4.74 Å². The molecule has 106 valence electrons. The highest BCUT2D eigenvalue weighted by Gasteiger charge is 2.25. The summed E-state index contributed by atoms with van der Waals surface area (Å²) in [5, 5.41) is 3.47. The third-order valence-corrected chi connectivity index (χ3v) is 4.08. The summed E-state index contributed by atoms with van der Waals surface area (Å²) >= 11 is 0. The zero-order valence-corrected chi connectivity index (χ0v) is 12.1. The third kappa shape index (κ3) is 1.87. The Hall–Kier alpha value is -2.49. The van der Waals surface area contributed by atoms with Crippen LogP contribution < -0.4 is 10.1 Å². The number of rotatable bonds is 1. The Balaban J connectivity index is 1.76. The third-order valence-electron chi connectivity index (χ3n) is 4.08. The molecule has 0 spiro atoms. The van der Waals surface area contributed by atoms with Gasteiger partial charge in [0.1, 0.15) is 5.75 Å². The lowest BCUT2D eigenvalue weighted by atomic mass is 10.1. The maximum absolute atomic E-state index is 6.16. The molecule has 2 heterocycles. The van der Waals surface area contributed by atoms with E-state index in [1.54, 1.807) is 0 Å². The van der Waals surface area contributed by atoms with Crippen molar-refractivity contribution in [3.8, 4) is 5.75 Å². The van der Waals surface area contributed by atoms with E-state index in [1.165, 1.54) is 5.56 Å². The monoisotopic (exact) mass is 279 g/mol. The van der Waals surface area contributed by atoms with Crippen LogP contribution in [0.2, 0.25) is 0 Å². The van der Waals surface area contributed by atoms with Gasteiger partial charge in [-0.15, -0.1) is 0 Å². The van der Waals surface area contributed by atoms with Crippen LogP contribution in [0.5, 0.6) is 5.75 Å². The average molecular weight is 279 g/mol. The van der Waals surface area contributed by atoms with Crippen molar-refractivity contribution in [1.82, 2.24) is 9.55 Å². The van der Waals surface area contributed by atoms with Crippen molar-refractivity contribution in [3.63, 3.8) is 0 Å². The van der Waals surface area contributed by atoms with Gasteiger partial charge in [-0.05, 0) is 30.7 Å². The first-order valence-corrected chi connectivity index (χ1v) is 7.15. The van der Waals surface area contributed by atoms with Gasteiger partial charge in [-0.1, -0.05) is 24.3 Å². The molecule has 0 saturated heterocycles. The van der Waals surface area contributed by atoms with E-state index in [0.29, 0.717) is 0 Å². The van der Waals surface area contributed by atoms with E-state index < -0.39 is 0 Å². The second-order valence-electron chi connectivity index (χ2n) is 5.45. The van der Waals surface area contributed by atoms with E-state index in [1.807, 2.05) is 37.4 Å². The van der Waals surface area contributed by atoms with Gasteiger partial charge in [-0.25, -0.2) is 4.98 Å². The van der Waals surface area contributed by atoms with Crippen molar-refractivity contribution in [2.24, 2.45) is 7.05 Å². The van der Waals surface area contributed by atoms with Crippen LogP contribution in [0.1, 0.15) is 17.5 Å². The number of anilines is 1. The lowest BCUT2D eigenvalue weighted by Gasteiger charge is -2.28. The van der Waals surface area contributed by atoms with Crippen molar-refractivity contribution in [3.05, 3.63) is 53.9 Å². The fourth-order valence-electron chi connectivity index (χ4n) is 2.95. The van der Waals surface area contributed by atoms with Crippen molar-refractivity contribution in [2.45, 2.75) is 13.0 Å². The molecular weight excluding hydrogens is 262 g/mol. The normalized spacial score (nSPS) is 17.1. The summed E-state index contributed by atoms with van der Waals surface area (Å²) in [7, 11) is 2.04. The summed E-state index contributed by atoms with van der Waals surface area (Å²) in [5.41, 5.74) is 4.43. The largest absolute Gasteiger partial charge is 0.478 e. The molecule has 4 heteroatoms. The Morgan fingerprint density at radius 2 is 2.05 bits per heavy atom. The number of para-hydroxylation sites is 3. The molecule has 0 fully saturated rings. The van der Waals surface area contributed by atoms with Gasteiger partial charge in [-0.2, -0.15) is 0 Å². The van der Waals surface area contributed by atoms with E-state index in [9.17, 15) is 0 Å². The molecule has 0 amide bonds. The number of nitrogens with one attached hydrogen (secondary N) is 1. The molecule has 0 aliphatic carbocycles. The molecule has 4 rings (SSSR count). The SMILES string of the molecule is Cc1cccc2c1NCC(c1nc3ccccc3n1C)O2. The van der Waals surface area contributed by atoms with Crippen LogP contribution in [0.3, 0.4) is 0 Å². The van der Waals surface area contributed by atoms with Crippen LogP contribution in [0.4, 0.5) is 5.69 Å². The van der Waals surface area contributed by atoms with E-state index in [-0.39, 0.29) is 6.10 Å². The Morgan fingerprint density at radius 3 is 2.90 bits per heavy atom. The van der Waals surface area contributed by atoms with E-state index in [2.05, 4.69) is 28.9 Å². The summed E-state index contributed by atoms with van der Waals surface area (Å²) in [5.74, 6) is 1.86. The molecule has 1 atom stereocenters. The van der Waals surface area contributed by atoms with Gasteiger partial charge in [0, 0.05) is 7.05 Å². The summed E-state index contributed by atoms with van der Waals surface area (Å²) < 4.78 is 8.28. The predicted molar refractivity (Wildman–Crippen MR) is 83.8 cm³/mol. The van der Waals surface area contributed by atoms with Gasteiger partial charge in [0.15, 0.2) is 11.9 Å². The maximum Gasteiger partial charge on any atom is 0.173 e. The van der Waals surface area contributed by atoms with Crippen LogP contribution in [0.25, 0.3) is 11.0 Å². The van der Waals surface area contributed by atoms with Crippen LogP contribution >= 0.6 is 0 Å². The lowest BCUT2D eigenvalue weighted by molar-refractivity contribution is 0.197. The lowest BCUT2D eigenvalue weighted by Crippen LogP contribution is -2.26. The molecule has 1 N–H and O–H groups in total. The number of nitrogens with zero attached hydrogens (tertiary/aromatic N) is 2. The van der Waals surface area contributed by atoms with Crippen LogP contribution in [-0.4, -0.2) is 16.1 Å². The van der Waals surface area contributed by atoms with Gasteiger partial charge in [-0.3, -0.25) is 0 Å². The number of ether oxygens (including phenoxy) is 1. The first-order chi connectivity index (χ1) is 10.2. The van der Waals surface area contributed by atoms with Gasteiger partial charge in [0.05, 0.1) is 23.3 Å². The molecule has 4 nitrogen and oxygen atoms in total. The fourth-order valence-corrected chi connectivity index (χ4v) is 2.95. The second-order valence-corrected chi connectivity index (χ2v) is 5.45. The van der Waals surface area contributed by atoms with Crippen molar-refractivity contribution in [1.29, 1.82) is 0 Å². The van der Waals surface area contributed by atoms with Gasteiger partial charge in [0.25, 0.3) is 0 Å². The number of fused-ring (bicyclic) bond motifs is 2. The highest BCUT2D eigenvalue weighted by Crippen LogP contribution is 2.36. The zero-order chi connectivity index (χ0) is 14.4. The van der Waals surface area contributed by atoms with Crippen LogP contribution in [-0.2, 0) is 7.05 Å². The molecule has 1 aromatic heterocycles. The smallest absolute Gasteiger partial charge is 0.173 e. The standard InChI is InChI=1S/C17H17N3O/c1-11-6-5-9-14-16(11)18-10-15(21-14)17-19-12-7-3-4-8-13(12)20(17)2/h3-9,15,18H,10H2,1-2H3. The number of aromatic nitrogens is 2. The summed E-state index contributed by atoms with van der Waals surface area (Å²) in [4.78, 5) is 4.73. The quantitative estimate of drug-likeness (QED) is 0.741. The molecule has 0 radical (unpaired) electrons. The number of hydrogen-bond acceptors (Lipinski definition) is 3. The van der Waals surface area contributed by atoms with Gasteiger partial charge >= 0.3 is 0 Å². The summed E-state index contributed by atoms with van der Waals surface area (Å²) in [6.07, 6.45) is -0.0725. The molecule has 21 heavy (non-hydrogen) atoms. The van der Waals surface area contributed by atoms with Gasteiger partial charge < -0.3 is 14.6 Å². The second kappa shape index (κ2) is 4.52. The Bertz CT molecular complexity index is 822. The Labute approximate surface area is 123 Å². The summed E-state index contributed by atoms with van der Waals surface area (Å²) in [6, 6.07) is 14.3. The number of imidazole rings is 1. The van der Waals surface area contributed by atoms with Crippen molar-refractivity contribution in [2.75, 3.05) is 11.9 Å². The molecular formula is C17H17N3O. The Kier molecular flexibility index (Phi) is 2.64. The highest BCUT2D eigenvalue weighted by atomic mass is 16.5. The molecule has 0 bridgehead atoms. The molecule has 1 unspecified atom stereocenters. The summed E-state index contributed by atoms with van der Waals surface area (Å²) in [6.45, 7) is 2.82. The first-order valence-electron chi connectivity index (χ1n) is 7.15. The minimum atomic E-state index is -0.0725. The molecule has 3 aromatic rings. The number of hydrogen-bond donors (Lipinski definition) is 1. The number of benzene rings is 2. The zero-order valence-electron chi connectivity index (χ0n) is 12.1. The minimum Gasteiger partial charge on any atom is -0.478 e. The molecule has 1 aliphatic heterocycles. The molecule has 2 aromatic carbocycles. The number of aryl methyl sites for hydroxylation is 2. The molecule has 1 aliphatic rings. The Morgan fingerprint density at radius 1 is 1.19 bits per heavy atom. The predicted octanol–water partition coefficient (Wildman–Crippen LogP) is 3.43. The van der Waals surface area contributed by atoms with E-state index in [0.717, 1.165) is 34.8 Å². The van der Waals surface area contributed by atoms with Gasteiger partial charge in [0.2, 0.25) is 0 Å². The van der Waals surface area contributed by atoms with E-state index in [4.69, 9.17) is 9.72 Å². The molecule has 0 saturated carbocycles. The topological polar surface area (TPSA) is 39.1 Å². The fraction of sp³-hybridized carbons (Fsp3) is 0.235. The van der Waals surface area contributed by atoms with Crippen LogP contribution in [0.15, 0.2) is 42.5 Å². The first kappa shape index (κ1) is 12.3. The van der Waals surface area contributed by atoms with Crippen LogP contribution in [0, 0.1) is 6.92 Å².